The number of hydrogen-bond acceptors (Lipinski definition) is 0. The van der Waals surface area contributed by atoms with Crippen molar-refractivity contribution < 1.29 is 9.13 Å². The van der Waals surface area contributed by atoms with Crippen LogP contribution in [0.3, 0.4) is 0 Å². The summed E-state index contributed by atoms with van der Waals surface area (Å²) in [7, 11) is 4.14. The highest BCUT2D eigenvalue weighted by atomic mass is 14.9. The molecule has 0 atom stereocenters. The zero-order valence-electron chi connectivity index (χ0n) is 14.2. The van der Waals surface area contributed by atoms with E-state index in [0.29, 0.717) is 0 Å². The van der Waals surface area contributed by atoms with Gasteiger partial charge >= 0.3 is 0 Å². The van der Waals surface area contributed by atoms with E-state index in [1.807, 2.05) is 7.05 Å². The van der Waals surface area contributed by atoms with Crippen LogP contribution in [0.2, 0.25) is 0 Å². The van der Waals surface area contributed by atoms with Crippen molar-refractivity contribution in [2.45, 2.75) is 19.3 Å². The van der Waals surface area contributed by atoms with Crippen molar-refractivity contribution in [1.82, 2.24) is 0 Å². The molecule has 0 bridgehead atoms. The smallest absolute Gasteiger partial charge is 0.173 e. The maximum Gasteiger partial charge on any atom is 0.173 e. The zero-order chi connectivity index (χ0) is 16.2. The Morgan fingerprint density at radius 3 is 2.09 bits per heavy atom. The Bertz CT molecular complexity index is 906. The van der Waals surface area contributed by atoms with E-state index >= 15 is 0 Å². The lowest BCUT2D eigenvalue weighted by molar-refractivity contribution is -0.671. The number of nitrogens with zero attached hydrogens (tertiary/aromatic N) is 2. The van der Waals surface area contributed by atoms with Crippen LogP contribution in [0.1, 0.15) is 25.0 Å². The summed E-state index contributed by atoms with van der Waals surface area (Å²) in [6.45, 7) is 4.65. The summed E-state index contributed by atoms with van der Waals surface area (Å²) in [4.78, 5) is 0. The van der Waals surface area contributed by atoms with Gasteiger partial charge in [-0.25, -0.2) is 9.13 Å². The van der Waals surface area contributed by atoms with E-state index in [0.717, 1.165) is 0 Å². The predicted molar refractivity (Wildman–Crippen MR) is 91.8 cm³/mol. The predicted octanol–water partition coefficient (Wildman–Crippen LogP) is 3.31. The number of pyridine rings is 2. The molecular formula is C21H22N2+2. The Hall–Kier alpha value is -2.48. The van der Waals surface area contributed by atoms with Crippen LogP contribution < -0.4 is 9.13 Å². The fraction of sp³-hybridized carbons (Fsp3) is 0.238. The first kappa shape index (κ1) is 14.1. The highest BCUT2D eigenvalue weighted by Crippen LogP contribution is 2.48. The number of fused-ring (bicyclic) bond motifs is 3. The van der Waals surface area contributed by atoms with E-state index < -0.39 is 0 Å². The quantitative estimate of drug-likeness (QED) is 0.609. The van der Waals surface area contributed by atoms with Crippen molar-refractivity contribution in [3.05, 3.63) is 72.3 Å². The van der Waals surface area contributed by atoms with Crippen molar-refractivity contribution in [1.29, 1.82) is 0 Å². The molecule has 0 saturated carbocycles. The van der Waals surface area contributed by atoms with Crippen LogP contribution in [0.25, 0.3) is 22.3 Å². The largest absolute Gasteiger partial charge is 0.208 e. The summed E-state index contributed by atoms with van der Waals surface area (Å²) in [6, 6.07) is 13.5. The number of aromatic nitrogens is 2. The van der Waals surface area contributed by atoms with Gasteiger partial charge in [0, 0.05) is 29.2 Å². The van der Waals surface area contributed by atoms with Gasteiger partial charge in [-0.2, -0.15) is 0 Å². The molecule has 3 aromatic rings. The highest BCUT2D eigenvalue weighted by molar-refractivity contribution is 5.82. The Morgan fingerprint density at radius 2 is 1.35 bits per heavy atom. The molecule has 2 aromatic heterocycles. The third-order valence-corrected chi connectivity index (χ3v) is 5.07. The molecule has 0 radical (unpaired) electrons. The Morgan fingerprint density at radius 1 is 0.696 bits per heavy atom. The lowest BCUT2D eigenvalue weighted by atomic mass is 9.82. The Balaban J connectivity index is 1.90. The molecule has 1 aliphatic carbocycles. The van der Waals surface area contributed by atoms with Crippen LogP contribution in [-0.2, 0) is 19.5 Å². The molecule has 23 heavy (non-hydrogen) atoms. The average Bonchev–Trinajstić information content (AvgIpc) is 2.76. The van der Waals surface area contributed by atoms with Crippen molar-refractivity contribution in [2.24, 2.45) is 14.1 Å². The molecule has 0 fully saturated rings. The molecule has 0 aliphatic heterocycles. The SMILES string of the molecule is C[n+]1ccc(-c2ccc3c(c2)C(C)(C)c2c[n+](C)ccc2-3)cc1. The van der Waals surface area contributed by atoms with Crippen molar-refractivity contribution >= 4 is 0 Å². The van der Waals surface area contributed by atoms with Gasteiger partial charge in [0.2, 0.25) is 0 Å². The minimum atomic E-state index is 0.0408. The van der Waals surface area contributed by atoms with Crippen LogP contribution in [-0.4, -0.2) is 0 Å². The number of hydrogen-bond donors (Lipinski definition) is 0. The maximum atomic E-state index is 2.37. The topological polar surface area (TPSA) is 7.76 Å². The van der Waals surface area contributed by atoms with Gasteiger partial charge in [-0.1, -0.05) is 26.0 Å². The van der Waals surface area contributed by atoms with Gasteiger partial charge in [0.15, 0.2) is 24.8 Å². The van der Waals surface area contributed by atoms with Gasteiger partial charge < -0.3 is 0 Å². The van der Waals surface area contributed by atoms with Gasteiger partial charge in [-0.3, -0.25) is 0 Å². The van der Waals surface area contributed by atoms with E-state index in [2.05, 4.69) is 91.2 Å². The van der Waals surface area contributed by atoms with Crippen LogP contribution in [0, 0.1) is 0 Å². The van der Waals surface area contributed by atoms with Crippen molar-refractivity contribution in [3.8, 4) is 22.3 Å². The average molecular weight is 302 g/mol. The normalized spacial score (nSPS) is 14.4. The summed E-state index contributed by atoms with van der Waals surface area (Å²) in [5, 5.41) is 0. The van der Waals surface area contributed by atoms with E-state index in [1.54, 1.807) is 0 Å². The van der Waals surface area contributed by atoms with Crippen LogP contribution in [0.5, 0.6) is 0 Å². The Labute approximate surface area is 137 Å². The first-order valence-electron chi connectivity index (χ1n) is 8.07. The molecule has 0 saturated heterocycles. The Kier molecular flexibility index (Phi) is 2.92. The molecule has 2 heterocycles. The van der Waals surface area contributed by atoms with E-state index in [4.69, 9.17) is 0 Å². The summed E-state index contributed by atoms with van der Waals surface area (Å²) in [6.07, 6.45) is 8.59. The second-order valence-corrected chi connectivity index (χ2v) is 7.08. The maximum absolute atomic E-state index is 2.37. The number of aryl methyl sites for hydroxylation is 2. The second-order valence-electron chi connectivity index (χ2n) is 7.08. The van der Waals surface area contributed by atoms with E-state index in [9.17, 15) is 0 Å². The molecule has 114 valence electrons. The first-order chi connectivity index (χ1) is 11.0. The molecular weight excluding hydrogens is 280 g/mol. The van der Waals surface area contributed by atoms with E-state index in [-0.39, 0.29) is 5.41 Å². The molecule has 2 nitrogen and oxygen atoms in total. The third-order valence-electron chi connectivity index (χ3n) is 5.07. The second kappa shape index (κ2) is 4.76. The van der Waals surface area contributed by atoms with Crippen molar-refractivity contribution in [3.63, 3.8) is 0 Å². The van der Waals surface area contributed by atoms with Crippen LogP contribution >= 0.6 is 0 Å². The molecule has 1 aromatic carbocycles. The lowest BCUT2D eigenvalue weighted by Crippen LogP contribution is -2.29. The van der Waals surface area contributed by atoms with Gasteiger partial charge in [-0.05, 0) is 33.9 Å². The minimum Gasteiger partial charge on any atom is -0.208 e. The van der Waals surface area contributed by atoms with Gasteiger partial charge in [-0.15, -0.1) is 0 Å². The molecule has 0 unspecified atom stereocenters. The molecule has 1 aliphatic rings. The fourth-order valence-electron chi connectivity index (χ4n) is 3.65. The summed E-state index contributed by atoms with van der Waals surface area (Å²) in [5.74, 6) is 0. The summed E-state index contributed by atoms with van der Waals surface area (Å²) < 4.78 is 4.21. The molecule has 4 rings (SSSR count). The van der Waals surface area contributed by atoms with E-state index in [1.165, 1.54) is 33.4 Å². The highest BCUT2D eigenvalue weighted by Gasteiger charge is 2.37. The molecule has 0 spiro atoms. The summed E-state index contributed by atoms with van der Waals surface area (Å²) >= 11 is 0. The molecule has 0 N–H and O–H groups in total. The molecule has 0 amide bonds. The minimum absolute atomic E-state index is 0.0408. The van der Waals surface area contributed by atoms with Gasteiger partial charge in [0.1, 0.15) is 14.1 Å². The molecule has 2 heteroatoms. The van der Waals surface area contributed by atoms with Gasteiger partial charge in [0.25, 0.3) is 0 Å². The summed E-state index contributed by atoms with van der Waals surface area (Å²) in [5.41, 5.74) is 8.17. The zero-order valence-corrected chi connectivity index (χ0v) is 14.2. The first-order valence-corrected chi connectivity index (χ1v) is 8.07. The van der Waals surface area contributed by atoms with Gasteiger partial charge in [0.05, 0.1) is 0 Å². The third kappa shape index (κ3) is 2.09. The van der Waals surface area contributed by atoms with Crippen LogP contribution in [0.4, 0.5) is 0 Å². The lowest BCUT2D eigenvalue weighted by Gasteiger charge is -2.20. The number of benzene rings is 1. The fourth-order valence-corrected chi connectivity index (χ4v) is 3.65. The number of rotatable bonds is 1. The standard InChI is InChI=1S/C21H22N2/c1-21(2)19-13-16(15-7-10-22(3)11-8-15)5-6-17(19)18-9-12-23(4)14-20(18)21/h5-14H,1-4H3/q+2. The van der Waals surface area contributed by atoms with Crippen LogP contribution in [0.15, 0.2) is 61.2 Å². The monoisotopic (exact) mass is 302 g/mol. The van der Waals surface area contributed by atoms with Crippen molar-refractivity contribution in [2.75, 3.05) is 0 Å².